The van der Waals surface area contributed by atoms with Crippen molar-refractivity contribution in [2.45, 2.75) is 20.5 Å². The van der Waals surface area contributed by atoms with Gasteiger partial charge in [0.1, 0.15) is 6.61 Å². The molecule has 3 rings (SSSR count). The van der Waals surface area contributed by atoms with Crippen LogP contribution in [0.1, 0.15) is 27.4 Å². The summed E-state index contributed by atoms with van der Waals surface area (Å²) in [6, 6.07) is 9.54. The highest BCUT2D eigenvalue weighted by Gasteiger charge is 2.16. The molecule has 0 fully saturated rings. The molecule has 0 aliphatic rings. The summed E-state index contributed by atoms with van der Waals surface area (Å²) in [5, 5.41) is 4.12. The lowest BCUT2D eigenvalue weighted by atomic mass is 10.1. The van der Waals surface area contributed by atoms with Gasteiger partial charge in [0.15, 0.2) is 0 Å². The number of hydrogen-bond acceptors (Lipinski definition) is 5. The number of rotatable bonds is 3. The van der Waals surface area contributed by atoms with Crippen molar-refractivity contribution in [3.63, 3.8) is 0 Å². The Morgan fingerprint density at radius 2 is 2.05 bits per heavy atom. The Morgan fingerprint density at radius 1 is 1.24 bits per heavy atom. The fourth-order valence-corrected chi connectivity index (χ4v) is 1.97. The van der Waals surface area contributed by atoms with Gasteiger partial charge in [-0.1, -0.05) is 24.3 Å². The second-order valence-electron chi connectivity index (χ2n) is 4.74. The molecule has 0 saturated carbocycles. The minimum absolute atomic E-state index is 0.0189. The Morgan fingerprint density at radius 3 is 2.81 bits per heavy atom. The first-order valence-corrected chi connectivity index (χ1v) is 6.55. The molecule has 21 heavy (non-hydrogen) atoms. The minimum atomic E-state index is -0.553. The van der Waals surface area contributed by atoms with Crippen LogP contribution in [0.4, 0.5) is 0 Å². The predicted molar refractivity (Wildman–Crippen MR) is 75.8 cm³/mol. The van der Waals surface area contributed by atoms with Crippen molar-refractivity contribution in [3.05, 3.63) is 59.2 Å². The fraction of sp³-hybridized carbons (Fsp3) is 0.200. The van der Waals surface area contributed by atoms with Crippen LogP contribution in [0.25, 0.3) is 5.78 Å². The molecule has 6 nitrogen and oxygen atoms in total. The number of carbonyl (C=O) groups is 1. The van der Waals surface area contributed by atoms with Gasteiger partial charge < -0.3 is 4.74 Å². The van der Waals surface area contributed by atoms with Crippen molar-refractivity contribution < 1.29 is 9.53 Å². The van der Waals surface area contributed by atoms with Gasteiger partial charge in [0, 0.05) is 11.9 Å². The van der Waals surface area contributed by atoms with Gasteiger partial charge in [-0.3, -0.25) is 0 Å². The summed E-state index contributed by atoms with van der Waals surface area (Å²) in [5.74, 6) is -0.147. The van der Waals surface area contributed by atoms with Gasteiger partial charge in [0.05, 0.1) is 0 Å². The first kappa shape index (κ1) is 13.2. The predicted octanol–water partition coefficient (Wildman–Crippen LogP) is 2.10. The molecule has 0 spiro atoms. The SMILES string of the molecule is Cc1ccccc1COC(=O)c1nc2nccc(C)n2n1. The molecule has 0 saturated heterocycles. The van der Waals surface area contributed by atoms with Crippen LogP contribution >= 0.6 is 0 Å². The van der Waals surface area contributed by atoms with Crippen molar-refractivity contribution in [1.29, 1.82) is 0 Å². The Bertz CT molecular complexity index is 810. The van der Waals surface area contributed by atoms with E-state index in [-0.39, 0.29) is 12.4 Å². The third-order valence-electron chi connectivity index (χ3n) is 3.23. The standard InChI is InChI=1S/C15H14N4O2/c1-10-5-3-4-6-12(10)9-21-14(20)13-17-15-16-8-7-11(2)19(15)18-13/h3-8H,9H2,1-2H3. The summed E-state index contributed by atoms with van der Waals surface area (Å²) in [4.78, 5) is 20.2. The molecule has 2 aromatic heterocycles. The molecule has 0 unspecified atom stereocenters. The topological polar surface area (TPSA) is 69.4 Å². The van der Waals surface area contributed by atoms with E-state index in [1.807, 2.05) is 38.1 Å². The maximum absolute atomic E-state index is 12.0. The zero-order valence-corrected chi connectivity index (χ0v) is 11.8. The zero-order chi connectivity index (χ0) is 14.8. The molecule has 0 radical (unpaired) electrons. The van der Waals surface area contributed by atoms with E-state index in [0.717, 1.165) is 16.8 Å². The first-order chi connectivity index (χ1) is 10.1. The van der Waals surface area contributed by atoms with Crippen molar-refractivity contribution >= 4 is 11.7 Å². The van der Waals surface area contributed by atoms with Crippen LogP contribution in [0.5, 0.6) is 0 Å². The third-order valence-corrected chi connectivity index (χ3v) is 3.23. The highest BCUT2D eigenvalue weighted by molar-refractivity contribution is 5.85. The summed E-state index contributed by atoms with van der Waals surface area (Å²) in [7, 11) is 0. The maximum atomic E-state index is 12.0. The number of ether oxygens (including phenoxy) is 1. The fourth-order valence-electron chi connectivity index (χ4n) is 1.97. The number of nitrogens with zero attached hydrogens (tertiary/aromatic N) is 4. The molecule has 106 valence electrons. The van der Waals surface area contributed by atoms with Crippen molar-refractivity contribution in [2.75, 3.05) is 0 Å². The quantitative estimate of drug-likeness (QED) is 0.688. The van der Waals surface area contributed by atoms with Gasteiger partial charge in [-0.15, -0.1) is 5.10 Å². The van der Waals surface area contributed by atoms with E-state index in [4.69, 9.17) is 4.74 Å². The van der Waals surface area contributed by atoms with Crippen LogP contribution in [-0.2, 0) is 11.3 Å². The number of carbonyl (C=O) groups excluding carboxylic acids is 1. The van der Waals surface area contributed by atoms with E-state index in [9.17, 15) is 4.79 Å². The first-order valence-electron chi connectivity index (χ1n) is 6.55. The van der Waals surface area contributed by atoms with Gasteiger partial charge in [0.2, 0.25) is 0 Å². The van der Waals surface area contributed by atoms with Crippen LogP contribution in [0.15, 0.2) is 36.5 Å². The second kappa shape index (κ2) is 5.32. The molecule has 6 heteroatoms. The lowest BCUT2D eigenvalue weighted by Crippen LogP contribution is -2.08. The average Bonchev–Trinajstić information content (AvgIpc) is 2.92. The third kappa shape index (κ3) is 2.60. The van der Waals surface area contributed by atoms with E-state index in [1.165, 1.54) is 4.52 Å². The van der Waals surface area contributed by atoms with Crippen LogP contribution in [0.3, 0.4) is 0 Å². The minimum Gasteiger partial charge on any atom is -0.455 e. The molecule has 3 aromatic rings. The van der Waals surface area contributed by atoms with E-state index >= 15 is 0 Å². The largest absolute Gasteiger partial charge is 0.455 e. The Balaban J connectivity index is 1.78. The molecule has 0 aliphatic carbocycles. The molecule has 2 heterocycles. The van der Waals surface area contributed by atoms with Gasteiger partial charge in [-0.2, -0.15) is 4.98 Å². The highest BCUT2D eigenvalue weighted by Crippen LogP contribution is 2.10. The Kier molecular flexibility index (Phi) is 3.35. The number of aryl methyl sites for hydroxylation is 2. The van der Waals surface area contributed by atoms with Crippen LogP contribution < -0.4 is 0 Å². The van der Waals surface area contributed by atoms with Crippen molar-refractivity contribution in [1.82, 2.24) is 19.6 Å². The summed E-state index contributed by atoms with van der Waals surface area (Å²) >= 11 is 0. The van der Waals surface area contributed by atoms with Crippen LogP contribution in [0, 0.1) is 13.8 Å². The second-order valence-corrected chi connectivity index (χ2v) is 4.74. The van der Waals surface area contributed by atoms with Gasteiger partial charge in [-0.05, 0) is 31.0 Å². The molecular formula is C15H14N4O2. The molecule has 1 aromatic carbocycles. The Hall–Kier alpha value is -2.76. The zero-order valence-electron chi connectivity index (χ0n) is 11.8. The molecule has 0 aliphatic heterocycles. The van der Waals surface area contributed by atoms with Crippen molar-refractivity contribution in [3.8, 4) is 0 Å². The molecule has 0 amide bonds. The monoisotopic (exact) mass is 282 g/mol. The Labute approximate surface area is 121 Å². The summed E-state index contributed by atoms with van der Waals surface area (Å²) in [5.41, 5.74) is 2.89. The van der Waals surface area contributed by atoms with Gasteiger partial charge in [0.25, 0.3) is 11.6 Å². The van der Waals surface area contributed by atoms with E-state index in [1.54, 1.807) is 12.3 Å². The molecule has 0 atom stereocenters. The van der Waals surface area contributed by atoms with Gasteiger partial charge in [-0.25, -0.2) is 14.3 Å². The number of hydrogen-bond donors (Lipinski definition) is 0. The summed E-state index contributed by atoms with van der Waals surface area (Å²) < 4.78 is 6.78. The van der Waals surface area contributed by atoms with E-state index < -0.39 is 5.97 Å². The van der Waals surface area contributed by atoms with Crippen LogP contribution in [-0.4, -0.2) is 25.6 Å². The smallest absolute Gasteiger partial charge is 0.378 e. The molecule has 0 N–H and O–H groups in total. The summed E-state index contributed by atoms with van der Waals surface area (Å²) in [6.45, 7) is 4.04. The lowest BCUT2D eigenvalue weighted by Gasteiger charge is -2.05. The number of esters is 1. The molecular weight excluding hydrogens is 268 g/mol. The number of benzene rings is 1. The number of fused-ring (bicyclic) bond motifs is 1. The van der Waals surface area contributed by atoms with Crippen LogP contribution in [0.2, 0.25) is 0 Å². The molecule has 0 bridgehead atoms. The number of aromatic nitrogens is 4. The van der Waals surface area contributed by atoms with Gasteiger partial charge >= 0.3 is 5.97 Å². The summed E-state index contributed by atoms with van der Waals surface area (Å²) in [6.07, 6.45) is 1.63. The lowest BCUT2D eigenvalue weighted by molar-refractivity contribution is 0.0458. The normalized spacial score (nSPS) is 10.8. The van der Waals surface area contributed by atoms with E-state index in [2.05, 4.69) is 15.1 Å². The maximum Gasteiger partial charge on any atom is 0.378 e. The van der Waals surface area contributed by atoms with Crippen molar-refractivity contribution in [2.24, 2.45) is 0 Å². The van der Waals surface area contributed by atoms with E-state index in [0.29, 0.717) is 5.78 Å². The average molecular weight is 282 g/mol. The highest BCUT2D eigenvalue weighted by atomic mass is 16.5.